The molecule has 1 fully saturated rings. The van der Waals surface area contributed by atoms with Gasteiger partial charge in [-0.2, -0.15) is 4.98 Å². The molecular weight excluding hydrogens is 318 g/mol. The van der Waals surface area contributed by atoms with Crippen LogP contribution in [0.2, 0.25) is 5.02 Å². The van der Waals surface area contributed by atoms with Crippen molar-refractivity contribution < 1.29 is 14.0 Å². The Balaban J connectivity index is 1.83. The second-order valence-electron chi connectivity index (χ2n) is 5.80. The lowest BCUT2D eigenvalue weighted by atomic mass is 10.1. The van der Waals surface area contributed by atoms with Gasteiger partial charge in [-0.25, -0.2) is 0 Å². The van der Waals surface area contributed by atoms with E-state index in [0.29, 0.717) is 39.7 Å². The molecule has 6 nitrogen and oxygen atoms in total. The van der Waals surface area contributed by atoms with Crippen LogP contribution in [0.25, 0.3) is 11.4 Å². The molecule has 3 rings (SSSR count). The standard InChI is InChI=1S/C16H20ClN3O3/c1-20-7-6-10(9-20)8-13-18-16(19-23-13)11-4-5-12(21-2)15(22-3)14(11)17/h4-5,10H,6-9H2,1-3H3. The van der Waals surface area contributed by atoms with Gasteiger partial charge in [-0.15, -0.1) is 0 Å². The van der Waals surface area contributed by atoms with Crippen molar-refractivity contribution in [3.8, 4) is 22.9 Å². The van der Waals surface area contributed by atoms with Crippen molar-refractivity contribution >= 4 is 11.6 Å². The lowest BCUT2D eigenvalue weighted by Crippen LogP contribution is -2.15. The third kappa shape index (κ3) is 3.28. The summed E-state index contributed by atoms with van der Waals surface area (Å²) in [7, 11) is 5.24. The summed E-state index contributed by atoms with van der Waals surface area (Å²) in [4.78, 5) is 6.80. The SMILES string of the molecule is COc1ccc(-c2noc(CC3CCN(C)C3)n2)c(Cl)c1OC. The zero-order valence-corrected chi connectivity index (χ0v) is 14.3. The zero-order valence-electron chi connectivity index (χ0n) is 13.5. The van der Waals surface area contributed by atoms with Gasteiger partial charge in [-0.1, -0.05) is 16.8 Å². The normalized spacial score (nSPS) is 18.3. The van der Waals surface area contributed by atoms with E-state index >= 15 is 0 Å². The molecule has 0 spiro atoms. The Morgan fingerprint density at radius 1 is 1.35 bits per heavy atom. The quantitative estimate of drug-likeness (QED) is 0.836. The van der Waals surface area contributed by atoms with E-state index in [1.807, 2.05) is 6.07 Å². The molecule has 1 unspecified atom stereocenters. The van der Waals surface area contributed by atoms with Gasteiger partial charge < -0.3 is 18.9 Å². The average molecular weight is 338 g/mol. The van der Waals surface area contributed by atoms with Gasteiger partial charge in [0.25, 0.3) is 0 Å². The number of rotatable bonds is 5. The summed E-state index contributed by atoms with van der Waals surface area (Å²) in [6.45, 7) is 2.18. The third-order valence-electron chi connectivity index (χ3n) is 4.15. The van der Waals surface area contributed by atoms with Crippen LogP contribution < -0.4 is 9.47 Å². The molecule has 1 saturated heterocycles. The van der Waals surface area contributed by atoms with E-state index in [9.17, 15) is 0 Å². The number of nitrogens with zero attached hydrogens (tertiary/aromatic N) is 3. The minimum absolute atomic E-state index is 0.416. The number of likely N-dealkylation sites (tertiary alicyclic amines) is 1. The molecule has 0 saturated carbocycles. The summed E-state index contributed by atoms with van der Waals surface area (Å²) in [5.41, 5.74) is 0.669. The lowest BCUT2D eigenvalue weighted by molar-refractivity contribution is 0.343. The highest BCUT2D eigenvalue weighted by Crippen LogP contribution is 2.40. The molecule has 1 atom stereocenters. The summed E-state index contributed by atoms with van der Waals surface area (Å²) >= 11 is 6.39. The molecule has 0 bridgehead atoms. The van der Waals surface area contributed by atoms with Crippen LogP contribution in [-0.2, 0) is 6.42 Å². The summed E-state index contributed by atoms with van der Waals surface area (Å²) < 4.78 is 15.9. The van der Waals surface area contributed by atoms with Crippen LogP contribution in [0.3, 0.4) is 0 Å². The first-order valence-electron chi connectivity index (χ1n) is 7.54. The zero-order chi connectivity index (χ0) is 16.4. The maximum absolute atomic E-state index is 6.39. The van der Waals surface area contributed by atoms with E-state index in [2.05, 4.69) is 22.1 Å². The van der Waals surface area contributed by atoms with Gasteiger partial charge in [0.05, 0.1) is 19.2 Å². The van der Waals surface area contributed by atoms with Crippen LogP contribution in [0, 0.1) is 5.92 Å². The van der Waals surface area contributed by atoms with Crippen LogP contribution >= 0.6 is 11.6 Å². The first kappa shape index (κ1) is 16.1. The van der Waals surface area contributed by atoms with Crippen molar-refractivity contribution in [3.05, 3.63) is 23.0 Å². The highest BCUT2D eigenvalue weighted by atomic mass is 35.5. The largest absolute Gasteiger partial charge is 0.493 e. The number of aromatic nitrogens is 2. The van der Waals surface area contributed by atoms with Gasteiger partial charge >= 0.3 is 0 Å². The summed E-state index contributed by atoms with van der Waals surface area (Å²) in [6.07, 6.45) is 1.95. The van der Waals surface area contributed by atoms with Crippen molar-refractivity contribution in [2.45, 2.75) is 12.8 Å². The lowest BCUT2D eigenvalue weighted by Gasteiger charge is -2.10. The Hall–Kier alpha value is -1.79. The molecule has 0 amide bonds. The third-order valence-corrected chi connectivity index (χ3v) is 4.52. The average Bonchev–Trinajstić information content (AvgIpc) is 3.16. The van der Waals surface area contributed by atoms with Gasteiger partial charge in [-0.3, -0.25) is 0 Å². The van der Waals surface area contributed by atoms with Crippen molar-refractivity contribution in [3.63, 3.8) is 0 Å². The molecule has 124 valence electrons. The minimum Gasteiger partial charge on any atom is -0.493 e. The summed E-state index contributed by atoms with van der Waals surface area (Å²) in [6, 6.07) is 3.59. The first-order valence-corrected chi connectivity index (χ1v) is 7.92. The fraction of sp³-hybridized carbons (Fsp3) is 0.500. The minimum atomic E-state index is 0.416. The fourth-order valence-corrected chi connectivity index (χ4v) is 3.27. The number of hydrogen-bond donors (Lipinski definition) is 0. The topological polar surface area (TPSA) is 60.6 Å². The summed E-state index contributed by atoms with van der Waals surface area (Å²) in [5, 5.41) is 4.48. The van der Waals surface area contributed by atoms with Crippen molar-refractivity contribution in [2.24, 2.45) is 5.92 Å². The molecule has 23 heavy (non-hydrogen) atoms. The van der Waals surface area contributed by atoms with Gasteiger partial charge in [0.1, 0.15) is 0 Å². The van der Waals surface area contributed by atoms with E-state index < -0.39 is 0 Å². The molecule has 0 N–H and O–H groups in total. The molecule has 0 aliphatic carbocycles. The Morgan fingerprint density at radius 3 is 2.83 bits per heavy atom. The predicted molar refractivity (Wildman–Crippen MR) is 87.2 cm³/mol. The van der Waals surface area contributed by atoms with Crippen LogP contribution in [-0.4, -0.2) is 49.4 Å². The predicted octanol–water partition coefficient (Wildman–Crippen LogP) is 2.90. The van der Waals surface area contributed by atoms with Gasteiger partial charge in [0, 0.05) is 18.5 Å². The Kier molecular flexibility index (Phi) is 4.73. The molecule has 1 aliphatic rings. The van der Waals surface area contributed by atoms with E-state index in [1.54, 1.807) is 20.3 Å². The van der Waals surface area contributed by atoms with Crippen LogP contribution in [0.15, 0.2) is 16.7 Å². The van der Waals surface area contributed by atoms with E-state index in [-0.39, 0.29) is 0 Å². The van der Waals surface area contributed by atoms with E-state index in [0.717, 1.165) is 25.9 Å². The number of benzene rings is 1. The molecule has 1 aromatic heterocycles. The van der Waals surface area contributed by atoms with Crippen LogP contribution in [0.1, 0.15) is 12.3 Å². The Morgan fingerprint density at radius 2 is 2.17 bits per heavy atom. The highest BCUT2D eigenvalue weighted by Gasteiger charge is 2.23. The maximum Gasteiger partial charge on any atom is 0.227 e. The Labute approximate surface area is 140 Å². The number of halogens is 1. The smallest absolute Gasteiger partial charge is 0.227 e. The molecule has 1 aliphatic heterocycles. The second kappa shape index (κ2) is 6.76. The van der Waals surface area contributed by atoms with Crippen LogP contribution in [0.4, 0.5) is 0 Å². The van der Waals surface area contributed by atoms with E-state index in [4.69, 9.17) is 25.6 Å². The maximum atomic E-state index is 6.39. The molecule has 0 radical (unpaired) electrons. The highest BCUT2D eigenvalue weighted by molar-refractivity contribution is 6.35. The van der Waals surface area contributed by atoms with Gasteiger partial charge in [-0.05, 0) is 38.1 Å². The van der Waals surface area contributed by atoms with Crippen molar-refractivity contribution in [2.75, 3.05) is 34.4 Å². The number of hydrogen-bond acceptors (Lipinski definition) is 6. The van der Waals surface area contributed by atoms with Crippen molar-refractivity contribution in [1.82, 2.24) is 15.0 Å². The van der Waals surface area contributed by atoms with E-state index in [1.165, 1.54) is 0 Å². The first-order chi connectivity index (χ1) is 11.1. The summed E-state index contributed by atoms with van der Waals surface area (Å²) in [5.74, 6) is 2.71. The van der Waals surface area contributed by atoms with Crippen LogP contribution in [0.5, 0.6) is 11.5 Å². The number of methoxy groups -OCH3 is 2. The Bertz CT molecular complexity index is 689. The van der Waals surface area contributed by atoms with Gasteiger partial charge in [0.2, 0.25) is 11.7 Å². The monoisotopic (exact) mass is 337 g/mol. The molecule has 2 heterocycles. The molecule has 2 aromatic rings. The molecule has 7 heteroatoms. The molecular formula is C16H20ClN3O3. The van der Waals surface area contributed by atoms with Crippen molar-refractivity contribution in [1.29, 1.82) is 0 Å². The van der Waals surface area contributed by atoms with Gasteiger partial charge in [0.15, 0.2) is 11.5 Å². The second-order valence-corrected chi connectivity index (χ2v) is 6.17. The molecule has 1 aromatic carbocycles. The number of ether oxygens (including phenoxy) is 2. The fourth-order valence-electron chi connectivity index (χ4n) is 2.95.